The molecule has 0 bridgehead atoms. The van der Waals surface area contributed by atoms with Crippen molar-refractivity contribution < 1.29 is 0 Å². The lowest BCUT2D eigenvalue weighted by Crippen LogP contribution is -2.19. The third-order valence-electron chi connectivity index (χ3n) is 2.71. The second-order valence-electron chi connectivity index (χ2n) is 4.23. The first-order chi connectivity index (χ1) is 9.58. The Morgan fingerprint density at radius 3 is 2.45 bits per heavy atom. The standard InChI is InChI=1S/C15H12ClN3S/c1-10-8-12(16)4-7-14(10)19-15(20)18-13-5-2-11(9-17)3-6-13/h2-8H,1H3,(H2,18,19,20). The number of hydrogen-bond acceptors (Lipinski definition) is 2. The first kappa shape index (κ1) is 14.3. The SMILES string of the molecule is Cc1cc(Cl)ccc1NC(=S)Nc1ccc(C#N)cc1. The highest BCUT2D eigenvalue weighted by atomic mass is 35.5. The third-order valence-corrected chi connectivity index (χ3v) is 3.15. The fourth-order valence-electron chi connectivity index (χ4n) is 1.68. The molecule has 0 aliphatic carbocycles. The molecule has 0 amide bonds. The van der Waals surface area contributed by atoms with Crippen LogP contribution in [0.3, 0.4) is 0 Å². The number of nitriles is 1. The first-order valence-corrected chi connectivity index (χ1v) is 6.71. The van der Waals surface area contributed by atoms with E-state index >= 15 is 0 Å². The summed E-state index contributed by atoms with van der Waals surface area (Å²) in [5.74, 6) is 0. The maximum atomic E-state index is 8.74. The summed E-state index contributed by atoms with van der Waals surface area (Å²) in [5, 5.41) is 16.1. The van der Waals surface area contributed by atoms with Gasteiger partial charge in [0.05, 0.1) is 11.6 Å². The van der Waals surface area contributed by atoms with E-state index < -0.39 is 0 Å². The van der Waals surface area contributed by atoms with Crippen LogP contribution in [-0.2, 0) is 0 Å². The molecule has 0 aromatic heterocycles. The number of thiocarbonyl (C=S) groups is 1. The zero-order valence-electron chi connectivity index (χ0n) is 10.8. The monoisotopic (exact) mass is 301 g/mol. The van der Waals surface area contributed by atoms with Gasteiger partial charge in [0, 0.05) is 16.4 Å². The van der Waals surface area contributed by atoms with Crippen LogP contribution in [-0.4, -0.2) is 5.11 Å². The molecule has 100 valence electrons. The topological polar surface area (TPSA) is 47.8 Å². The van der Waals surface area contributed by atoms with E-state index in [9.17, 15) is 0 Å². The van der Waals surface area contributed by atoms with Gasteiger partial charge in [-0.3, -0.25) is 0 Å². The number of benzene rings is 2. The summed E-state index contributed by atoms with van der Waals surface area (Å²) < 4.78 is 0. The second kappa shape index (κ2) is 6.38. The minimum absolute atomic E-state index is 0.486. The van der Waals surface area contributed by atoms with Gasteiger partial charge in [-0.15, -0.1) is 0 Å². The van der Waals surface area contributed by atoms with Crippen molar-refractivity contribution in [1.29, 1.82) is 5.26 Å². The van der Waals surface area contributed by atoms with Crippen LogP contribution in [0.15, 0.2) is 42.5 Å². The minimum Gasteiger partial charge on any atom is -0.332 e. The average molecular weight is 302 g/mol. The van der Waals surface area contributed by atoms with Crippen LogP contribution in [0.25, 0.3) is 0 Å². The third kappa shape index (κ3) is 3.70. The minimum atomic E-state index is 0.486. The quantitative estimate of drug-likeness (QED) is 0.811. The van der Waals surface area contributed by atoms with Crippen LogP contribution in [0, 0.1) is 18.3 Å². The van der Waals surface area contributed by atoms with Gasteiger partial charge >= 0.3 is 0 Å². The molecule has 20 heavy (non-hydrogen) atoms. The zero-order valence-corrected chi connectivity index (χ0v) is 12.3. The molecular formula is C15H12ClN3S. The van der Waals surface area contributed by atoms with Crippen LogP contribution in [0.1, 0.15) is 11.1 Å². The lowest BCUT2D eigenvalue weighted by molar-refractivity contribution is 1.45. The predicted molar refractivity (Wildman–Crippen MR) is 87.2 cm³/mol. The summed E-state index contributed by atoms with van der Waals surface area (Å²) in [4.78, 5) is 0. The van der Waals surface area contributed by atoms with Crippen LogP contribution >= 0.6 is 23.8 Å². The second-order valence-corrected chi connectivity index (χ2v) is 5.07. The Morgan fingerprint density at radius 1 is 1.15 bits per heavy atom. The van der Waals surface area contributed by atoms with E-state index in [0.29, 0.717) is 15.7 Å². The Balaban J connectivity index is 2.03. The fraction of sp³-hybridized carbons (Fsp3) is 0.0667. The van der Waals surface area contributed by atoms with E-state index in [1.165, 1.54) is 0 Å². The molecule has 0 saturated carbocycles. The Hall–Kier alpha value is -2.09. The summed E-state index contributed by atoms with van der Waals surface area (Å²) in [6.07, 6.45) is 0. The molecule has 0 spiro atoms. The smallest absolute Gasteiger partial charge is 0.175 e. The van der Waals surface area contributed by atoms with Crippen LogP contribution in [0.5, 0.6) is 0 Å². The normalized spacial score (nSPS) is 9.65. The summed E-state index contributed by atoms with van der Waals surface area (Å²) >= 11 is 11.2. The molecule has 5 heteroatoms. The lowest BCUT2D eigenvalue weighted by atomic mass is 10.2. The van der Waals surface area contributed by atoms with Gasteiger partial charge in [-0.1, -0.05) is 11.6 Å². The number of rotatable bonds is 2. The van der Waals surface area contributed by atoms with Crippen molar-refractivity contribution in [2.45, 2.75) is 6.92 Å². The molecular weight excluding hydrogens is 290 g/mol. The van der Waals surface area contributed by atoms with Crippen molar-refractivity contribution in [2.24, 2.45) is 0 Å². The van der Waals surface area contributed by atoms with Gasteiger partial charge in [0.25, 0.3) is 0 Å². The molecule has 2 rings (SSSR count). The molecule has 2 N–H and O–H groups in total. The van der Waals surface area contributed by atoms with Crippen molar-refractivity contribution in [3.63, 3.8) is 0 Å². The Kier molecular flexibility index (Phi) is 4.57. The molecule has 0 unspecified atom stereocenters. The van der Waals surface area contributed by atoms with E-state index in [2.05, 4.69) is 16.7 Å². The largest absolute Gasteiger partial charge is 0.332 e. The van der Waals surface area contributed by atoms with Crippen LogP contribution in [0.2, 0.25) is 5.02 Å². The van der Waals surface area contributed by atoms with Gasteiger partial charge in [0.15, 0.2) is 5.11 Å². The predicted octanol–water partition coefficient (Wildman–Crippen LogP) is 4.33. The van der Waals surface area contributed by atoms with Gasteiger partial charge < -0.3 is 10.6 Å². The number of anilines is 2. The number of hydrogen-bond donors (Lipinski definition) is 2. The number of nitrogens with zero attached hydrogens (tertiary/aromatic N) is 1. The first-order valence-electron chi connectivity index (χ1n) is 5.93. The number of nitrogens with one attached hydrogen (secondary N) is 2. The Morgan fingerprint density at radius 2 is 1.85 bits per heavy atom. The Labute approximate surface area is 128 Å². The molecule has 0 atom stereocenters. The highest BCUT2D eigenvalue weighted by Gasteiger charge is 2.02. The molecule has 0 saturated heterocycles. The average Bonchev–Trinajstić information content (AvgIpc) is 2.43. The highest BCUT2D eigenvalue weighted by Crippen LogP contribution is 2.20. The van der Waals surface area contributed by atoms with E-state index in [0.717, 1.165) is 16.9 Å². The van der Waals surface area contributed by atoms with Crippen molar-refractivity contribution in [3.8, 4) is 6.07 Å². The zero-order chi connectivity index (χ0) is 14.5. The van der Waals surface area contributed by atoms with E-state index in [-0.39, 0.29) is 0 Å². The van der Waals surface area contributed by atoms with E-state index in [1.807, 2.05) is 19.1 Å². The summed E-state index contributed by atoms with van der Waals surface area (Å²) in [6, 6.07) is 14.7. The maximum absolute atomic E-state index is 8.74. The fourth-order valence-corrected chi connectivity index (χ4v) is 2.13. The van der Waals surface area contributed by atoms with Crippen molar-refractivity contribution in [2.75, 3.05) is 10.6 Å². The maximum Gasteiger partial charge on any atom is 0.175 e. The molecule has 0 fully saturated rings. The highest BCUT2D eigenvalue weighted by molar-refractivity contribution is 7.80. The van der Waals surface area contributed by atoms with E-state index in [1.54, 1.807) is 30.3 Å². The van der Waals surface area contributed by atoms with Crippen molar-refractivity contribution in [1.82, 2.24) is 0 Å². The van der Waals surface area contributed by atoms with Gasteiger partial charge in [0.1, 0.15) is 0 Å². The van der Waals surface area contributed by atoms with Gasteiger partial charge in [-0.05, 0) is 67.2 Å². The van der Waals surface area contributed by atoms with Gasteiger partial charge in [-0.2, -0.15) is 5.26 Å². The Bertz CT molecular complexity index is 675. The van der Waals surface area contributed by atoms with Crippen molar-refractivity contribution >= 4 is 40.3 Å². The molecule has 0 heterocycles. The molecule has 0 aliphatic heterocycles. The van der Waals surface area contributed by atoms with Gasteiger partial charge in [-0.25, -0.2) is 0 Å². The summed E-state index contributed by atoms with van der Waals surface area (Å²) in [5.41, 5.74) is 3.36. The van der Waals surface area contributed by atoms with Crippen molar-refractivity contribution in [3.05, 3.63) is 58.6 Å². The summed E-state index contributed by atoms with van der Waals surface area (Å²) in [7, 11) is 0. The van der Waals surface area contributed by atoms with Crippen LogP contribution < -0.4 is 10.6 Å². The van der Waals surface area contributed by atoms with E-state index in [4.69, 9.17) is 29.1 Å². The number of aryl methyl sites for hydroxylation is 1. The summed E-state index contributed by atoms with van der Waals surface area (Å²) in [6.45, 7) is 1.96. The lowest BCUT2D eigenvalue weighted by Gasteiger charge is -2.12. The molecule has 2 aromatic carbocycles. The number of halogens is 1. The van der Waals surface area contributed by atoms with Crippen LogP contribution in [0.4, 0.5) is 11.4 Å². The molecule has 2 aromatic rings. The molecule has 0 aliphatic rings. The molecule has 3 nitrogen and oxygen atoms in total. The van der Waals surface area contributed by atoms with Gasteiger partial charge in [0.2, 0.25) is 0 Å². The molecule has 0 radical (unpaired) electrons.